The first-order valence-corrected chi connectivity index (χ1v) is 6.15. The lowest BCUT2D eigenvalue weighted by Crippen LogP contribution is -2.22. The van der Waals surface area contributed by atoms with Crippen molar-refractivity contribution in [1.82, 2.24) is 9.97 Å². The summed E-state index contributed by atoms with van der Waals surface area (Å²) in [7, 11) is 0. The average Bonchev–Trinajstić information content (AvgIpc) is 2.83. The van der Waals surface area contributed by atoms with Crippen molar-refractivity contribution < 1.29 is 0 Å². The van der Waals surface area contributed by atoms with E-state index in [2.05, 4.69) is 21.8 Å². The van der Waals surface area contributed by atoms with Gasteiger partial charge in [0, 0.05) is 31.3 Å². The van der Waals surface area contributed by atoms with E-state index in [1.165, 1.54) is 18.4 Å². The van der Waals surface area contributed by atoms with Crippen LogP contribution in [0.3, 0.4) is 0 Å². The maximum Gasteiger partial charge on any atom is 0.135 e. The van der Waals surface area contributed by atoms with Gasteiger partial charge in [0.1, 0.15) is 11.6 Å². The van der Waals surface area contributed by atoms with Crippen molar-refractivity contribution in [1.29, 1.82) is 0 Å². The molecule has 1 aromatic rings. The molecule has 0 aromatic carbocycles. The van der Waals surface area contributed by atoms with Gasteiger partial charge >= 0.3 is 0 Å². The first-order chi connectivity index (χ1) is 7.85. The van der Waals surface area contributed by atoms with Gasteiger partial charge in [0.15, 0.2) is 0 Å². The Morgan fingerprint density at radius 3 is 2.75 bits per heavy atom. The van der Waals surface area contributed by atoms with Crippen LogP contribution < -0.4 is 10.6 Å². The fraction of sp³-hybridized carbons (Fsp3) is 0.667. The van der Waals surface area contributed by atoms with Crippen LogP contribution in [0.15, 0.2) is 6.20 Å². The molecule has 0 bridgehead atoms. The Balaban J connectivity index is 2.29. The molecule has 0 spiro atoms. The second kappa shape index (κ2) is 5.25. The summed E-state index contributed by atoms with van der Waals surface area (Å²) in [6.07, 6.45) is 6.26. The van der Waals surface area contributed by atoms with Crippen LogP contribution in [0, 0.1) is 0 Å². The molecule has 0 aliphatic carbocycles. The molecule has 1 aromatic heterocycles. The monoisotopic (exact) mass is 220 g/mol. The van der Waals surface area contributed by atoms with Gasteiger partial charge < -0.3 is 10.6 Å². The number of hydrogen-bond donors (Lipinski definition) is 1. The quantitative estimate of drug-likeness (QED) is 0.826. The van der Waals surface area contributed by atoms with E-state index < -0.39 is 0 Å². The number of anilines is 1. The Bertz CT molecular complexity index is 345. The summed E-state index contributed by atoms with van der Waals surface area (Å²) in [5.74, 6) is 2.05. The molecule has 0 unspecified atom stereocenters. The van der Waals surface area contributed by atoms with Crippen molar-refractivity contribution in [2.45, 2.75) is 32.6 Å². The topological polar surface area (TPSA) is 55.0 Å². The maximum atomic E-state index is 5.62. The van der Waals surface area contributed by atoms with Crippen LogP contribution >= 0.6 is 0 Å². The second-order valence-electron chi connectivity index (χ2n) is 4.22. The minimum Gasteiger partial charge on any atom is -0.356 e. The fourth-order valence-electron chi connectivity index (χ4n) is 2.14. The van der Waals surface area contributed by atoms with Gasteiger partial charge in [0.2, 0.25) is 0 Å². The predicted octanol–water partition coefficient (Wildman–Crippen LogP) is 1.14. The van der Waals surface area contributed by atoms with Crippen LogP contribution in [-0.2, 0) is 12.8 Å². The van der Waals surface area contributed by atoms with E-state index >= 15 is 0 Å². The molecule has 2 heterocycles. The average molecular weight is 220 g/mol. The number of aryl methyl sites for hydroxylation is 1. The number of aromatic nitrogens is 2. The normalized spacial score (nSPS) is 15.8. The zero-order chi connectivity index (χ0) is 11.4. The third kappa shape index (κ3) is 2.32. The zero-order valence-electron chi connectivity index (χ0n) is 9.95. The molecule has 1 aliphatic heterocycles. The summed E-state index contributed by atoms with van der Waals surface area (Å²) in [4.78, 5) is 11.4. The lowest BCUT2D eigenvalue weighted by Gasteiger charge is -2.20. The predicted molar refractivity (Wildman–Crippen MR) is 65.6 cm³/mol. The van der Waals surface area contributed by atoms with E-state index in [9.17, 15) is 0 Å². The second-order valence-corrected chi connectivity index (χ2v) is 4.22. The number of hydrogen-bond acceptors (Lipinski definition) is 4. The molecule has 1 saturated heterocycles. The van der Waals surface area contributed by atoms with Gasteiger partial charge in [0.05, 0.1) is 0 Å². The van der Waals surface area contributed by atoms with Crippen LogP contribution in [-0.4, -0.2) is 29.6 Å². The van der Waals surface area contributed by atoms with E-state index in [1.807, 2.05) is 6.20 Å². The first kappa shape index (κ1) is 11.3. The van der Waals surface area contributed by atoms with Crippen LogP contribution in [0.4, 0.5) is 5.82 Å². The highest BCUT2D eigenvalue weighted by Gasteiger charge is 2.17. The standard InChI is InChI=1S/C12H20N4/c1-2-11-14-9-10(5-6-13)12(15-11)16-7-3-4-8-16/h9H,2-8,13H2,1H3. The summed E-state index contributed by atoms with van der Waals surface area (Å²) >= 11 is 0. The highest BCUT2D eigenvalue weighted by Crippen LogP contribution is 2.22. The van der Waals surface area contributed by atoms with E-state index in [0.717, 1.165) is 37.6 Å². The van der Waals surface area contributed by atoms with Gasteiger partial charge in [-0.05, 0) is 25.8 Å². The van der Waals surface area contributed by atoms with Crippen LogP contribution in [0.25, 0.3) is 0 Å². The molecule has 88 valence electrons. The lowest BCUT2D eigenvalue weighted by atomic mass is 10.2. The summed E-state index contributed by atoms with van der Waals surface area (Å²) in [5.41, 5.74) is 6.82. The van der Waals surface area contributed by atoms with Crippen molar-refractivity contribution in [3.63, 3.8) is 0 Å². The fourth-order valence-corrected chi connectivity index (χ4v) is 2.14. The first-order valence-electron chi connectivity index (χ1n) is 6.15. The number of nitrogens with zero attached hydrogens (tertiary/aromatic N) is 3. The molecule has 0 radical (unpaired) electrons. The molecule has 1 aliphatic rings. The van der Waals surface area contributed by atoms with Crippen LogP contribution in [0.2, 0.25) is 0 Å². The Hall–Kier alpha value is -1.16. The Morgan fingerprint density at radius 2 is 2.12 bits per heavy atom. The smallest absolute Gasteiger partial charge is 0.135 e. The minimum absolute atomic E-state index is 0.662. The van der Waals surface area contributed by atoms with Gasteiger partial charge in [-0.15, -0.1) is 0 Å². The maximum absolute atomic E-state index is 5.62. The third-order valence-corrected chi connectivity index (χ3v) is 3.03. The van der Waals surface area contributed by atoms with Gasteiger partial charge in [-0.2, -0.15) is 0 Å². The minimum atomic E-state index is 0.662. The zero-order valence-corrected chi connectivity index (χ0v) is 9.95. The molecule has 16 heavy (non-hydrogen) atoms. The molecule has 1 fully saturated rings. The van der Waals surface area contributed by atoms with Gasteiger partial charge in [-0.25, -0.2) is 9.97 Å². The molecule has 0 saturated carbocycles. The SMILES string of the molecule is CCc1ncc(CCN)c(N2CCCC2)n1. The van der Waals surface area contributed by atoms with Crippen molar-refractivity contribution in [3.8, 4) is 0 Å². The Labute approximate surface area is 96.9 Å². The molecule has 4 heteroatoms. The van der Waals surface area contributed by atoms with E-state index in [4.69, 9.17) is 5.73 Å². The van der Waals surface area contributed by atoms with Gasteiger partial charge in [-0.3, -0.25) is 0 Å². The molecule has 2 rings (SSSR count). The van der Waals surface area contributed by atoms with Gasteiger partial charge in [-0.1, -0.05) is 6.92 Å². The van der Waals surface area contributed by atoms with E-state index in [-0.39, 0.29) is 0 Å². The molecule has 0 amide bonds. The highest BCUT2D eigenvalue weighted by molar-refractivity contribution is 5.47. The molecule has 2 N–H and O–H groups in total. The van der Waals surface area contributed by atoms with Crippen LogP contribution in [0.5, 0.6) is 0 Å². The van der Waals surface area contributed by atoms with Crippen molar-refractivity contribution in [2.75, 3.05) is 24.5 Å². The van der Waals surface area contributed by atoms with Crippen molar-refractivity contribution in [2.24, 2.45) is 5.73 Å². The molecule has 0 atom stereocenters. The Kier molecular flexibility index (Phi) is 3.72. The summed E-state index contributed by atoms with van der Waals surface area (Å²) < 4.78 is 0. The van der Waals surface area contributed by atoms with E-state index in [1.54, 1.807) is 0 Å². The Morgan fingerprint density at radius 1 is 1.38 bits per heavy atom. The molecule has 4 nitrogen and oxygen atoms in total. The summed E-state index contributed by atoms with van der Waals surface area (Å²) in [6, 6.07) is 0. The lowest BCUT2D eigenvalue weighted by molar-refractivity contribution is 0.840. The van der Waals surface area contributed by atoms with Crippen LogP contribution in [0.1, 0.15) is 31.2 Å². The number of rotatable bonds is 4. The number of nitrogens with two attached hydrogens (primary N) is 1. The van der Waals surface area contributed by atoms with Crippen molar-refractivity contribution in [3.05, 3.63) is 17.6 Å². The molecular formula is C12H20N4. The largest absolute Gasteiger partial charge is 0.356 e. The van der Waals surface area contributed by atoms with Crippen molar-refractivity contribution >= 4 is 5.82 Å². The van der Waals surface area contributed by atoms with E-state index in [0.29, 0.717) is 6.54 Å². The van der Waals surface area contributed by atoms with Gasteiger partial charge in [0.25, 0.3) is 0 Å². The summed E-state index contributed by atoms with van der Waals surface area (Å²) in [6.45, 7) is 5.00. The third-order valence-electron chi connectivity index (χ3n) is 3.03. The highest BCUT2D eigenvalue weighted by atomic mass is 15.2. The molecular weight excluding hydrogens is 200 g/mol. The summed E-state index contributed by atoms with van der Waals surface area (Å²) in [5, 5.41) is 0.